The molecule has 0 aliphatic carbocycles. The van der Waals surface area contributed by atoms with Crippen molar-refractivity contribution in [1.82, 2.24) is 25.5 Å². The van der Waals surface area contributed by atoms with Crippen molar-refractivity contribution in [1.29, 1.82) is 0 Å². The third-order valence-corrected chi connectivity index (χ3v) is 6.79. The van der Waals surface area contributed by atoms with Crippen LogP contribution in [0.15, 0.2) is 40.9 Å². The Labute approximate surface area is 222 Å². The molecule has 0 atom stereocenters. The molecule has 4 rings (SSSR count). The molecule has 9 nitrogen and oxygen atoms in total. The third kappa shape index (κ3) is 6.36. The second-order valence-corrected chi connectivity index (χ2v) is 9.67. The summed E-state index contributed by atoms with van der Waals surface area (Å²) in [4.78, 5) is 32.4. The molecular weight excluding hydrogens is 487 g/mol. The first-order valence-electron chi connectivity index (χ1n) is 13.0. The van der Waals surface area contributed by atoms with E-state index in [0.29, 0.717) is 36.9 Å². The van der Waals surface area contributed by atoms with Crippen LogP contribution in [0.5, 0.6) is 0 Å². The smallest absolute Gasteiger partial charge is 0.256 e. The van der Waals surface area contributed by atoms with Gasteiger partial charge in [0, 0.05) is 50.4 Å². The second-order valence-electron chi connectivity index (χ2n) is 9.67. The minimum Gasteiger partial charge on any atom is -0.355 e. The lowest BCUT2D eigenvalue weighted by Gasteiger charge is -2.32. The average Bonchev–Trinajstić information content (AvgIpc) is 3.53. The van der Waals surface area contributed by atoms with E-state index in [4.69, 9.17) is 4.52 Å². The molecule has 0 unspecified atom stereocenters. The van der Waals surface area contributed by atoms with E-state index in [1.54, 1.807) is 24.9 Å². The van der Waals surface area contributed by atoms with Gasteiger partial charge < -0.3 is 14.7 Å². The number of aromatic nitrogens is 2. The van der Waals surface area contributed by atoms with Crippen LogP contribution in [-0.2, 0) is 22.7 Å². The largest absolute Gasteiger partial charge is 0.355 e. The second kappa shape index (κ2) is 12.2. The SMILES string of the molecule is CCCCCNC(=O)CN(CC(=O)N(C)N1Cc2cccc(F)c2C1)c1cc(-c2noc(C)n2)ccc1C. The van der Waals surface area contributed by atoms with Gasteiger partial charge >= 0.3 is 0 Å². The van der Waals surface area contributed by atoms with E-state index >= 15 is 0 Å². The minimum absolute atomic E-state index is 0.0100. The molecule has 2 heterocycles. The van der Waals surface area contributed by atoms with E-state index in [9.17, 15) is 14.0 Å². The fourth-order valence-corrected chi connectivity index (χ4v) is 4.56. The number of unbranched alkanes of at least 4 members (excludes halogenated alkanes) is 2. The Hall–Kier alpha value is -3.79. The highest BCUT2D eigenvalue weighted by Gasteiger charge is 2.29. The number of amides is 2. The summed E-state index contributed by atoms with van der Waals surface area (Å²) < 4.78 is 19.4. The minimum atomic E-state index is -0.267. The zero-order chi connectivity index (χ0) is 27.2. The van der Waals surface area contributed by atoms with Crippen LogP contribution in [-0.4, -0.2) is 58.7 Å². The Balaban J connectivity index is 1.54. The van der Waals surface area contributed by atoms with Gasteiger partial charge in [-0.15, -0.1) is 0 Å². The average molecular weight is 523 g/mol. The number of carbonyl (C=O) groups excluding carboxylic acids is 2. The molecule has 1 aliphatic rings. The summed E-state index contributed by atoms with van der Waals surface area (Å²) in [7, 11) is 1.68. The van der Waals surface area contributed by atoms with Crippen LogP contribution in [0.2, 0.25) is 0 Å². The van der Waals surface area contributed by atoms with Crippen molar-refractivity contribution in [2.45, 2.75) is 53.1 Å². The molecule has 1 N–H and O–H groups in total. The van der Waals surface area contributed by atoms with E-state index in [-0.39, 0.29) is 30.7 Å². The van der Waals surface area contributed by atoms with E-state index in [2.05, 4.69) is 22.4 Å². The predicted molar refractivity (Wildman–Crippen MR) is 142 cm³/mol. The maximum absolute atomic E-state index is 14.3. The zero-order valence-corrected chi connectivity index (χ0v) is 22.5. The number of aryl methyl sites for hydroxylation is 2. The van der Waals surface area contributed by atoms with Crippen molar-refractivity contribution in [2.75, 3.05) is 31.6 Å². The highest BCUT2D eigenvalue weighted by molar-refractivity contribution is 5.87. The molecular formula is C28H35FN6O3. The number of fused-ring (bicyclic) bond motifs is 1. The summed E-state index contributed by atoms with van der Waals surface area (Å²) in [6.07, 6.45) is 3.01. The molecule has 0 bridgehead atoms. The number of hydrazine groups is 1. The topological polar surface area (TPSA) is 94.8 Å². The Morgan fingerprint density at radius 3 is 2.66 bits per heavy atom. The first kappa shape index (κ1) is 27.3. The number of hydrogen-bond acceptors (Lipinski definition) is 7. The number of benzene rings is 2. The number of anilines is 1. The number of carbonyl (C=O) groups is 2. The molecule has 1 aliphatic heterocycles. The Bertz CT molecular complexity index is 1290. The van der Waals surface area contributed by atoms with Crippen LogP contribution >= 0.6 is 0 Å². The van der Waals surface area contributed by atoms with E-state index < -0.39 is 0 Å². The summed E-state index contributed by atoms with van der Waals surface area (Å²) in [5.74, 6) is 0.249. The first-order valence-corrected chi connectivity index (χ1v) is 13.0. The van der Waals surface area contributed by atoms with Gasteiger partial charge in [-0.2, -0.15) is 4.98 Å². The Morgan fingerprint density at radius 2 is 1.95 bits per heavy atom. The third-order valence-electron chi connectivity index (χ3n) is 6.79. The zero-order valence-electron chi connectivity index (χ0n) is 22.5. The van der Waals surface area contributed by atoms with E-state index in [1.165, 1.54) is 11.1 Å². The normalized spacial score (nSPS) is 12.9. The standard InChI is InChI=1S/C28H35FN6O3/c1-5-6-7-13-30-26(36)17-34(25-14-21(12-11-19(25)2)28-31-20(3)38-32-28)18-27(37)33(4)35-15-22-9-8-10-24(29)23(22)16-35/h8-12,14H,5-7,13,15-18H2,1-4H3,(H,30,36). The maximum atomic E-state index is 14.3. The van der Waals surface area contributed by atoms with Crippen molar-refractivity contribution in [3.05, 3.63) is 64.8 Å². The lowest BCUT2D eigenvalue weighted by molar-refractivity contribution is -0.145. The highest BCUT2D eigenvalue weighted by Crippen LogP contribution is 2.28. The summed E-state index contributed by atoms with van der Waals surface area (Å²) >= 11 is 0. The molecule has 0 fully saturated rings. The summed E-state index contributed by atoms with van der Waals surface area (Å²) in [5, 5.41) is 10.3. The Morgan fingerprint density at radius 1 is 1.13 bits per heavy atom. The quantitative estimate of drug-likeness (QED) is 0.381. The summed E-state index contributed by atoms with van der Waals surface area (Å²) in [6, 6.07) is 10.7. The first-order chi connectivity index (χ1) is 18.3. The maximum Gasteiger partial charge on any atom is 0.256 e. The Kier molecular flexibility index (Phi) is 8.73. The number of hydrogen-bond donors (Lipinski definition) is 1. The van der Waals surface area contributed by atoms with Crippen LogP contribution in [0, 0.1) is 19.7 Å². The fraction of sp³-hybridized carbons (Fsp3) is 0.429. The van der Waals surface area contributed by atoms with Gasteiger partial charge in [0.05, 0.1) is 13.1 Å². The van der Waals surface area contributed by atoms with Gasteiger partial charge in [0.15, 0.2) is 0 Å². The molecule has 0 saturated carbocycles. The number of likely N-dealkylation sites (N-methyl/N-ethyl adjacent to an activating group) is 1. The molecule has 0 saturated heterocycles. The van der Waals surface area contributed by atoms with Gasteiger partial charge in [0.25, 0.3) is 5.91 Å². The van der Waals surface area contributed by atoms with Gasteiger partial charge in [0.1, 0.15) is 5.82 Å². The molecule has 38 heavy (non-hydrogen) atoms. The van der Waals surface area contributed by atoms with Crippen LogP contribution in [0.4, 0.5) is 10.1 Å². The van der Waals surface area contributed by atoms with Crippen LogP contribution in [0.25, 0.3) is 11.4 Å². The number of nitrogens with one attached hydrogen (secondary N) is 1. The van der Waals surface area contributed by atoms with Crippen molar-refractivity contribution < 1.29 is 18.5 Å². The van der Waals surface area contributed by atoms with Gasteiger partial charge in [-0.05, 0) is 36.6 Å². The fourth-order valence-electron chi connectivity index (χ4n) is 4.56. The van der Waals surface area contributed by atoms with Crippen LogP contribution in [0.3, 0.4) is 0 Å². The summed E-state index contributed by atoms with van der Waals surface area (Å²) in [5.41, 5.74) is 3.83. The van der Waals surface area contributed by atoms with Gasteiger partial charge in [0.2, 0.25) is 17.6 Å². The lowest BCUT2D eigenvalue weighted by atomic mass is 10.1. The predicted octanol–water partition coefficient (Wildman–Crippen LogP) is 3.99. The molecule has 202 valence electrons. The van der Waals surface area contributed by atoms with Gasteiger partial charge in [-0.3, -0.25) is 14.6 Å². The lowest BCUT2D eigenvalue weighted by Crippen LogP contribution is -2.48. The molecule has 0 radical (unpaired) electrons. The molecule has 10 heteroatoms. The number of rotatable bonds is 11. The molecule has 0 spiro atoms. The molecule has 2 aromatic carbocycles. The summed E-state index contributed by atoms with van der Waals surface area (Å²) in [6.45, 7) is 7.08. The van der Waals surface area contributed by atoms with E-state index in [0.717, 1.165) is 41.6 Å². The number of halogens is 1. The number of nitrogens with zero attached hydrogens (tertiary/aromatic N) is 5. The van der Waals surface area contributed by atoms with Gasteiger partial charge in [-0.1, -0.05) is 49.2 Å². The molecule has 2 amide bonds. The van der Waals surface area contributed by atoms with E-state index in [1.807, 2.05) is 36.2 Å². The van der Waals surface area contributed by atoms with Crippen molar-refractivity contribution in [2.24, 2.45) is 0 Å². The van der Waals surface area contributed by atoms with Crippen LogP contribution < -0.4 is 10.2 Å². The van der Waals surface area contributed by atoms with Crippen molar-refractivity contribution in [3.8, 4) is 11.4 Å². The molecule has 3 aromatic rings. The van der Waals surface area contributed by atoms with Crippen molar-refractivity contribution in [3.63, 3.8) is 0 Å². The highest BCUT2D eigenvalue weighted by atomic mass is 19.1. The molecule has 1 aromatic heterocycles. The monoisotopic (exact) mass is 522 g/mol. The van der Waals surface area contributed by atoms with Crippen molar-refractivity contribution >= 4 is 17.5 Å². The van der Waals surface area contributed by atoms with Gasteiger partial charge in [-0.25, -0.2) is 9.40 Å². The van der Waals surface area contributed by atoms with Crippen LogP contribution in [0.1, 0.15) is 48.8 Å².